The van der Waals surface area contributed by atoms with Gasteiger partial charge in [0.1, 0.15) is 11.5 Å². The molecule has 0 aliphatic carbocycles. The van der Waals surface area contributed by atoms with Crippen LogP contribution < -0.4 is 4.74 Å². The lowest BCUT2D eigenvalue weighted by atomic mass is 9.81. The normalized spacial score (nSPS) is 29.0. The smallest absolute Gasteiger partial charge is 0.192 e. The Hall–Kier alpha value is -1.25. The van der Waals surface area contributed by atoms with Crippen LogP contribution in [0.25, 0.3) is 0 Å². The summed E-state index contributed by atoms with van der Waals surface area (Å²) in [6, 6.07) is 8.01. The number of ketones is 1. The SMILES string of the molecule is CC[C@H](CC[C@@H]1O[C@]2(CC[C@H](C)[C@H](C[C@@H](C)O[Si](C)(C)C(C)(C)C)O2)CC(=O)[C@@H]1C)COCc1ccc(OC)cc1. The quantitative estimate of drug-likeness (QED) is 0.215. The average Bonchev–Trinajstić information content (AvgIpc) is 2.90. The molecule has 7 atom stereocenters. The van der Waals surface area contributed by atoms with Crippen LogP contribution in [0.4, 0.5) is 0 Å². The van der Waals surface area contributed by atoms with Gasteiger partial charge in [0.15, 0.2) is 14.1 Å². The highest BCUT2D eigenvalue weighted by Gasteiger charge is 2.50. The van der Waals surface area contributed by atoms with Crippen LogP contribution in [0.1, 0.15) is 99.0 Å². The molecule has 1 aromatic rings. The summed E-state index contributed by atoms with van der Waals surface area (Å²) in [4.78, 5) is 13.3. The number of methoxy groups -OCH3 is 1. The van der Waals surface area contributed by atoms with Gasteiger partial charge >= 0.3 is 0 Å². The molecule has 1 aromatic carbocycles. The zero-order valence-corrected chi connectivity index (χ0v) is 28.6. The summed E-state index contributed by atoms with van der Waals surface area (Å²) in [5.74, 6) is 1.05. The van der Waals surface area contributed by atoms with Gasteiger partial charge in [-0.2, -0.15) is 0 Å². The number of carbonyl (C=O) groups is 1. The largest absolute Gasteiger partial charge is 0.497 e. The number of hydrogen-bond acceptors (Lipinski definition) is 6. The van der Waals surface area contributed by atoms with Crippen molar-refractivity contribution >= 4 is 14.1 Å². The number of carbonyl (C=O) groups excluding carboxylic acids is 1. The monoisotopic (exact) mass is 590 g/mol. The van der Waals surface area contributed by atoms with E-state index in [1.807, 2.05) is 31.2 Å². The van der Waals surface area contributed by atoms with Crippen molar-refractivity contribution in [2.75, 3.05) is 13.7 Å². The van der Waals surface area contributed by atoms with Gasteiger partial charge in [-0.3, -0.25) is 4.79 Å². The van der Waals surface area contributed by atoms with Crippen LogP contribution in [0.5, 0.6) is 5.75 Å². The van der Waals surface area contributed by atoms with E-state index in [9.17, 15) is 4.79 Å². The fourth-order valence-corrected chi connectivity index (χ4v) is 7.33. The number of benzene rings is 1. The molecule has 6 nitrogen and oxygen atoms in total. The Morgan fingerprint density at radius 1 is 1.10 bits per heavy atom. The Labute approximate surface area is 251 Å². The Bertz CT molecular complexity index is 957. The maximum absolute atomic E-state index is 13.3. The van der Waals surface area contributed by atoms with E-state index < -0.39 is 14.1 Å². The van der Waals surface area contributed by atoms with Gasteiger partial charge in [0.05, 0.1) is 32.3 Å². The molecule has 2 saturated heterocycles. The highest BCUT2D eigenvalue weighted by Crippen LogP contribution is 2.44. The first-order valence-electron chi connectivity index (χ1n) is 16.0. The molecule has 0 amide bonds. The van der Waals surface area contributed by atoms with Crippen molar-refractivity contribution < 1.29 is 28.2 Å². The fraction of sp³-hybridized carbons (Fsp3) is 0.794. The minimum Gasteiger partial charge on any atom is -0.497 e. The third-order valence-electron chi connectivity index (χ3n) is 9.94. The molecule has 2 aliphatic rings. The van der Waals surface area contributed by atoms with Crippen LogP contribution in [-0.4, -0.2) is 51.9 Å². The summed E-state index contributed by atoms with van der Waals surface area (Å²) in [6.45, 7) is 21.4. The lowest BCUT2D eigenvalue weighted by Gasteiger charge is -2.49. The van der Waals surface area contributed by atoms with E-state index in [1.54, 1.807) is 7.11 Å². The van der Waals surface area contributed by atoms with E-state index in [0.717, 1.165) is 49.8 Å². The minimum atomic E-state index is -1.87. The second-order valence-corrected chi connectivity index (χ2v) is 19.1. The highest BCUT2D eigenvalue weighted by molar-refractivity contribution is 6.74. The summed E-state index contributed by atoms with van der Waals surface area (Å²) >= 11 is 0. The van der Waals surface area contributed by atoms with Crippen molar-refractivity contribution in [3.63, 3.8) is 0 Å². The minimum absolute atomic E-state index is 0.0279. The maximum Gasteiger partial charge on any atom is 0.192 e. The molecular formula is C34H58O6Si. The van der Waals surface area contributed by atoms with Crippen LogP contribution in [0.3, 0.4) is 0 Å². The molecule has 41 heavy (non-hydrogen) atoms. The molecule has 1 spiro atoms. The van der Waals surface area contributed by atoms with E-state index >= 15 is 0 Å². The third-order valence-corrected chi connectivity index (χ3v) is 14.5. The first-order chi connectivity index (χ1) is 19.2. The molecule has 0 bridgehead atoms. The lowest BCUT2D eigenvalue weighted by Crippen LogP contribution is -2.55. The van der Waals surface area contributed by atoms with Crippen LogP contribution >= 0.6 is 0 Å². The topological polar surface area (TPSA) is 63.2 Å². The number of hydrogen-bond donors (Lipinski definition) is 0. The first-order valence-corrected chi connectivity index (χ1v) is 18.9. The second-order valence-electron chi connectivity index (χ2n) is 14.3. The van der Waals surface area contributed by atoms with Gasteiger partial charge in [0.2, 0.25) is 0 Å². The van der Waals surface area contributed by atoms with Gasteiger partial charge in [0, 0.05) is 25.0 Å². The number of Topliss-reactive ketones (excluding diaryl/α,β-unsaturated/α-hetero) is 1. The summed E-state index contributed by atoms with van der Waals surface area (Å²) < 4.78 is 31.5. The maximum atomic E-state index is 13.3. The van der Waals surface area contributed by atoms with Gasteiger partial charge < -0.3 is 23.4 Å². The molecule has 0 unspecified atom stereocenters. The molecule has 0 N–H and O–H groups in total. The van der Waals surface area contributed by atoms with Crippen molar-refractivity contribution in [3.8, 4) is 5.75 Å². The number of ether oxygens (including phenoxy) is 4. The Kier molecular flexibility index (Phi) is 12.1. The molecule has 0 aromatic heterocycles. The van der Waals surface area contributed by atoms with Crippen LogP contribution in [-0.2, 0) is 30.0 Å². The predicted molar refractivity (Wildman–Crippen MR) is 168 cm³/mol. The Morgan fingerprint density at radius 3 is 2.37 bits per heavy atom. The Morgan fingerprint density at radius 2 is 1.76 bits per heavy atom. The molecule has 3 rings (SSSR count). The van der Waals surface area contributed by atoms with E-state index in [0.29, 0.717) is 31.5 Å². The molecule has 2 fully saturated rings. The van der Waals surface area contributed by atoms with E-state index in [1.165, 1.54) is 0 Å². The third kappa shape index (κ3) is 9.36. The van der Waals surface area contributed by atoms with Gasteiger partial charge in [-0.1, -0.05) is 60.1 Å². The highest BCUT2D eigenvalue weighted by atomic mass is 28.4. The molecule has 2 aliphatic heterocycles. The van der Waals surface area contributed by atoms with Gasteiger partial charge in [0.25, 0.3) is 0 Å². The van der Waals surface area contributed by atoms with E-state index in [-0.39, 0.29) is 35.1 Å². The van der Waals surface area contributed by atoms with Crippen molar-refractivity contribution in [1.82, 2.24) is 0 Å². The molecular weight excluding hydrogens is 532 g/mol. The van der Waals surface area contributed by atoms with Crippen molar-refractivity contribution in [1.29, 1.82) is 0 Å². The summed E-state index contributed by atoms with van der Waals surface area (Å²) in [5, 5.41) is 0.168. The predicted octanol–water partition coefficient (Wildman–Crippen LogP) is 8.32. The molecule has 0 saturated carbocycles. The van der Waals surface area contributed by atoms with Crippen molar-refractivity contribution in [2.24, 2.45) is 17.8 Å². The van der Waals surface area contributed by atoms with E-state index in [4.69, 9.17) is 23.4 Å². The van der Waals surface area contributed by atoms with Gasteiger partial charge in [-0.15, -0.1) is 0 Å². The zero-order chi connectivity index (χ0) is 30.4. The second kappa shape index (κ2) is 14.5. The van der Waals surface area contributed by atoms with Crippen LogP contribution in [0.15, 0.2) is 24.3 Å². The van der Waals surface area contributed by atoms with Crippen LogP contribution in [0.2, 0.25) is 18.1 Å². The fourth-order valence-electron chi connectivity index (χ4n) is 5.87. The van der Waals surface area contributed by atoms with Gasteiger partial charge in [-0.05, 0) is 80.3 Å². The van der Waals surface area contributed by atoms with Crippen molar-refractivity contribution in [2.45, 2.75) is 142 Å². The zero-order valence-electron chi connectivity index (χ0n) is 27.6. The molecule has 0 radical (unpaired) electrons. The molecule has 2 heterocycles. The standard InChI is InChI=1S/C34H58O6Si/c1-11-27(22-37-23-28-12-15-29(36-8)16-13-28)14-17-31-26(4)30(35)21-34(38-31)19-18-24(2)32(39-34)20-25(3)40-41(9,10)33(5,6)7/h12-13,15-16,24-27,31-32H,11,14,17-23H2,1-10H3/t24-,25+,26-,27+,31-,32-,34-/m0/s1. The van der Waals surface area contributed by atoms with Gasteiger partial charge in [-0.25, -0.2) is 0 Å². The van der Waals surface area contributed by atoms with Crippen molar-refractivity contribution in [3.05, 3.63) is 29.8 Å². The van der Waals surface area contributed by atoms with E-state index in [2.05, 4.69) is 54.6 Å². The molecule has 7 heteroatoms. The molecule has 234 valence electrons. The summed E-state index contributed by atoms with van der Waals surface area (Å²) in [5.41, 5.74) is 1.14. The average molecular weight is 591 g/mol. The van der Waals surface area contributed by atoms with Crippen LogP contribution in [0, 0.1) is 17.8 Å². The Balaban J connectivity index is 1.56. The summed E-state index contributed by atoms with van der Waals surface area (Å²) in [6.07, 6.45) is 5.82. The number of rotatable bonds is 13. The summed E-state index contributed by atoms with van der Waals surface area (Å²) in [7, 11) is -0.192. The first kappa shape index (κ1) is 34.2. The lowest BCUT2D eigenvalue weighted by molar-refractivity contribution is -0.323.